The lowest BCUT2D eigenvalue weighted by molar-refractivity contribution is -0.136. The highest BCUT2D eigenvalue weighted by Crippen LogP contribution is 2.28. The van der Waals surface area contributed by atoms with Gasteiger partial charge in [0.05, 0.1) is 12.8 Å². The molecule has 6 nitrogen and oxygen atoms in total. The Balaban J connectivity index is 1.52. The molecule has 0 fully saturated rings. The molecule has 0 saturated carbocycles. The number of aromatic nitrogens is 1. The number of amides is 2. The second-order valence-electron chi connectivity index (χ2n) is 6.23. The Kier molecular flexibility index (Phi) is 6.56. The lowest BCUT2D eigenvalue weighted by Gasteiger charge is -2.07. The SMILES string of the molecule is COc1ccc(NC(=O)C(=O)NCCc2sc(-c3cccc(F)c3)nc2C)cc1. The summed E-state index contributed by atoms with van der Waals surface area (Å²) in [6.07, 6.45) is 0.528. The van der Waals surface area contributed by atoms with E-state index in [9.17, 15) is 14.0 Å². The Labute approximate surface area is 171 Å². The van der Waals surface area contributed by atoms with Crippen molar-refractivity contribution in [2.75, 3.05) is 19.0 Å². The fourth-order valence-electron chi connectivity index (χ4n) is 2.64. The predicted octanol–water partition coefficient (Wildman–Crippen LogP) is 3.56. The number of nitrogens with zero attached hydrogens (tertiary/aromatic N) is 1. The number of benzene rings is 2. The third-order valence-electron chi connectivity index (χ3n) is 4.16. The normalized spacial score (nSPS) is 10.4. The molecule has 29 heavy (non-hydrogen) atoms. The predicted molar refractivity (Wildman–Crippen MR) is 111 cm³/mol. The highest BCUT2D eigenvalue weighted by molar-refractivity contribution is 7.15. The first-order chi connectivity index (χ1) is 14.0. The van der Waals surface area contributed by atoms with Crippen LogP contribution in [0.2, 0.25) is 0 Å². The smallest absolute Gasteiger partial charge is 0.313 e. The highest BCUT2D eigenvalue weighted by Gasteiger charge is 2.15. The average Bonchev–Trinajstić information content (AvgIpc) is 3.09. The van der Waals surface area contributed by atoms with E-state index in [4.69, 9.17) is 4.74 Å². The van der Waals surface area contributed by atoms with Crippen LogP contribution >= 0.6 is 11.3 Å². The summed E-state index contributed by atoms with van der Waals surface area (Å²) in [5.74, 6) is -1.11. The summed E-state index contributed by atoms with van der Waals surface area (Å²) >= 11 is 1.45. The van der Waals surface area contributed by atoms with Crippen LogP contribution in [0.3, 0.4) is 0 Å². The van der Waals surface area contributed by atoms with Crippen molar-refractivity contribution in [2.24, 2.45) is 0 Å². The Bertz CT molecular complexity index is 1020. The number of hydrogen-bond acceptors (Lipinski definition) is 5. The first-order valence-electron chi connectivity index (χ1n) is 8.91. The first kappa shape index (κ1) is 20.5. The van der Waals surface area contributed by atoms with E-state index in [1.807, 2.05) is 6.92 Å². The maximum absolute atomic E-state index is 13.4. The number of aryl methyl sites for hydroxylation is 1. The molecule has 3 aromatic rings. The summed E-state index contributed by atoms with van der Waals surface area (Å²) in [7, 11) is 1.55. The number of methoxy groups -OCH3 is 1. The second-order valence-corrected chi connectivity index (χ2v) is 7.31. The Morgan fingerprint density at radius 2 is 1.90 bits per heavy atom. The zero-order valence-corrected chi connectivity index (χ0v) is 16.8. The minimum absolute atomic E-state index is 0.292. The fourth-order valence-corrected chi connectivity index (χ4v) is 3.70. The van der Waals surface area contributed by atoms with Crippen molar-refractivity contribution >= 4 is 28.8 Å². The summed E-state index contributed by atoms with van der Waals surface area (Å²) < 4.78 is 18.5. The van der Waals surface area contributed by atoms with Gasteiger partial charge in [-0.05, 0) is 43.3 Å². The van der Waals surface area contributed by atoms with E-state index in [0.29, 0.717) is 30.0 Å². The minimum atomic E-state index is -0.739. The molecule has 2 N–H and O–H groups in total. The molecule has 150 valence electrons. The number of rotatable bonds is 6. The Morgan fingerprint density at radius 3 is 2.59 bits per heavy atom. The van der Waals surface area contributed by atoms with Crippen molar-refractivity contribution in [1.82, 2.24) is 10.3 Å². The highest BCUT2D eigenvalue weighted by atomic mass is 32.1. The molecule has 1 aromatic heterocycles. The van der Waals surface area contributed by atoms with Gasteiger partial charge in [0, 0.05) is 29.1 Å². The van der Waals surface area contributed by atoms with Gasteiger partial charge in [-0.25, -0.2) is 9.37 Å². The lowest BCUT2D eigenvalue weighted by atomic mass is 10.2. The minimum Gasteiger partial charge on any atom is -0.497 e. The van der Waals surface area contributed by atoms with Gasteiger partial charge in [0.15, 0.2) is 0 Å². The van der Waals surface area contributed by atoms with Crippen molar-refractivity contribution in [3.63, 3.8) is 0 Å². The molecule has 2 aromatic carbocycles. The van der Waals surface area contributed by atoms with Gasteiger partial charge in [0.1, 0.15) is 16.6 Å². The molecule has 3 rings (SSSR count). The van der Waals surface area contributed by atoms with Gasteiger partial charge in [0.25, 0.3) is 0 Å². The topological polar surface area (TPSA) is 80.3 Å². The number of halogens is 1. The number of thiazole rings is 1. The third-order valence-corrected chi connectivity index (χ3v) is 5.42. The van der Waals surface area contributed by atoms with E-state index in [2.05, 4.69) is 15.6 Å². The van der Waals surface area contributed by atoms with E-state index in [1.165, 1.54) is 23.5 Å². The molecule has 8 heteroatoms. The Hall–Kier alpha value is -3.26. The number of nitrogens with one attached hydrogen (secondary N) is 2. The van der Waals surface area contributed by atoms with E-state index < -0.39 is 11.8 Å². The fraction of sp³-hybridized carbons (Fsp3) is 0.190. The van der Waals surface area contributed by atoms with E-state index in [0.717, 1.165) is 15.6 Å². The van der Waals surface area contributed by atoms with Gasteiger partial charge in [-0.2, -0.15) is 0 Å². The summed E-state index contributed by atoms with van der Waals surface area (Å²) in [6.45, 7) is 2.16. The molecule has 0 aliphatic heterocycles. The molecule has 0 bridgehead atoms. The van der Waals surface area contributed by atoms with Gasteiger partial charge in [0.2, 0.25) is 0 Å². The van der Waals surface area contributed by atoms with Crippen molar-refractivity contribution in [3.05, 3.63) is 64.9 Å². The molecule has 0 unspecified atom stereocenters. The number of hydrogen-bond donors (Lipinski definition) is 2. The van der Waals surface area contributed by atoms with Crippen LogP contribution < -0.4 is 15.4 Å². The maximum Gasteiger partial charge on any atom is 0.313 e. The van der Waals surface area contributed by atoms with Crippen molar-refractivity contribution in [2.45, 2.75) is 13.3 Å². The van der Waals surface area contributed by atoms with Crippen LogP contribution in [0, 0.1) is 12.7 Å². The lowest BCUT2D eigenvalue weighted by Crippen LogP contribution is -2.36. The number of anilines is 1. The maximum atomic E-state index is 13.4. The van der Waals surface area contributed by atoms with Crippen LogP contribution in [0.1, 0.15) is 10.6 Å². The zero-order chi connectivity index (χ0) is 20.8. The molecule has 0 radical (unpaired) electrons. The molecule has 0 aliphatic carbocycles. The third kappa shape index (κ3) is 5.39. The first-order valence-corrected chi connectivity index (χ1v) is 9.73. The van der Waals surface area contributed by atoms with Crippen LogP contribution in [0.25, 0.3) is 10.6 Å². The van der Waals surface area contributed by atoms with Gasteiger partial charge in [-0.1, -0.05) is 12.1 Å². The molecule has 2 amide bonds. The monoisotopic (exact) mass is 413 g/mol. The zero-order valence-electron chi connectivity index (χ0n) is 16.0. The molecule has 0 spiro atoms. The van der Waals surface area contributed by atoms with E-state index in [-0.39, 0.29) is 5.82 Å². The molecule has 0 saturated heterocycles. The number of ether oxygens (including phenoxy) is 1. The number of carbonyl (C=O) groups is 2. The van der Waals surface area contributed by atoms with E-state index in [1.54, 1.807) is 43.5 Å². The standard InChI is InChI=1S/C21H20FN3O3S/c1-13-18(29-21(24-13)14-4-3-5-15(22)12-14)10-11-23-19(26)20(27)25-16-6-8-17(28-2)9-7-16/h3-9,12H,10-11H2,1-2H3,(H,23,26)(H,25,27). The number of carbonyl (C=O) groups excluding carboxylic acids is 2. The van der Waals surface area contributed by atoms with Gasteiger partial charge >= 0.3 is 11.8 Å². The summed E-state index contributed by atoms with van der Waals surface area (Å²) in [6, 6.07) is 13.0. The van der Waals surface area contributed by atoms with Crippen LogP contribution in [0.4, 0.5) is 10.1 Å². The van der Waals surface area contributed by atoms with Crippen LogP contribution in [-0.4, -0.2) is 30.5 Å². The quantitative estimate of drug-likeness (QED) is 0.606. The van der Waals surface area contributed by atoms with Gasteiger partial charge < -0.3 is 15.4 Å². The van der Waals surface area contributed by atoms with E-state index >= 15 is 0 Å². The largest absolute Gasteiger partial charge is 0.497 e. The van der Waals surface area contributed by atoms with Crippen molar-refractivity contribution < 1.29 is 18.7 Å². The van der Waals surface area contributed by atoms with Gasteiger partial charge in [-0.3, -0.25) is 9.59 Å². The molecule has 0 aliphatic rings. The van der Waals surface area contributed by atoms with Crippen LogP contribution in [0.15, 0.2) is 48.5 Å². The van der Waals surface area contributed by atoms with Crippen LogP contribution in [0.5, 0.6) is 5.75 Å². The second kappa shape index (κ2) is 9.29. The molecular weight excluding hydrogens is 393 g/mol. The summed E-state index contributed by atoms with van der Waals surface area (Å²) in [5.41, 5.74) is 2.04. The molecular formula is C21H20FN3O3S. The summed E-state index contributed by atoms with van der Waals surface area (Å²) in [5, 5.41) is 5.86. The molecule has 0 atom stereocenters. The van der Waals surface area contributed by atoms with Gasteiger partial charge in [-0.15, -0.1) is 11.3 Å². The summed E-state index contributed by atoms with van der Waals surface area (Å²) in [4.78, 5) is 29.5. The Morgan fingerprint density at radius 1 is 1.14 bits per heavy atom. The average molecular weight is 413 g/mol. The molecule has 1 heterocycles. The van der Waals surface area contributed by atoms with Crippen molar-refractivity contribution in [1.29, 1.82) is 0 Å². The van der Waals surface area contributed by atoms with Crippen molar-refractivity contribution in [3.8, 4) is 16.3 Å². The van der Waals surface area contributed by atoms with Crippen LogP contribution in [-0.2, 0) is 16.0 Å².